The SMILES string of the molecule is CN(C)Cc1ccc(S(=O)(=O)c2ccc(CNC(=O)c3cnc4nccn4c3)cc2)cc1. The van der Waals surface area contributed by atoms with E-state index in [0.717, 1.165) is 17.7 Å². The summed E-state index contributed by atoms with van der Waals surface area (Å²) < 4.78 is 27.5. The molecule has 0 saturated heterocycles. The van der Waals surface area contributed by atoms with Crippen molar-refractivity contribution in [2.75, 3.05) is 14.1 Å². The van der Waals surface area contributed by atoms with Crippen LogP contribution in [0.15, 0.2) is 83.1 Å². The Balaban J connectivity index is 1.42. The maximum atomic E-state index is 12.9. The Morgan fingerprint density at radius 3 is 2.22 bits per heavy atom. The Labute approximate surface area is 186 Å². The predicted octanol–water partition coefficient (Wildman–Crippen LogP) is 2.55. The first kappa shape index (κ1) is 21.7. The summed E-state index contributed by atoms with van der Waals surface area (Å²) in [6.07, 6.45) is 6.45. The third-order valence-electron chi connectivity index (χ3n) is 4.93. The highest BCUT2D eigenvalue weighted by Crippen LogP contribution is 2.22. The van der Waals surface area contributed by atoms with Gasteiger partial charge in [-0.1, -0.05) is 24.3 Å². The summed E-state index contributed by atoms with van der Waals surface area (Å²) in [4.78, 5) is 23.1. The van der Waals surface area contributed by atoms with Gasteiger partial charge in [-0.3, -0.25) is 9.20 Å². The number of benzene rings is 2. The molecule has 8 nitrogen and oxygen atoms in total. The smallest absolute Gasteiger partial charge is 0.254 e. The number of nitrogens with zero attached hydrogens (tertiary/aromatic N) is 4. The molecule has 0 unspecified atom stereocenters. The third-order valence-corrected chi connectivity index (χ3v) is 6.71. The number of hydrogen-bond donors (Lipinski definition) is 1. The molecule has 0 aliphatic rings. The Morgan fingerprint density at radius 1 is 0.969 bits per heavy atom. The summed E-state index contributed by atoms with van der Waals surface area (Å²) in [5, 5.41) is 2.82. The molecule has 1 N–H and O–H groups in total. The fraction of sp³-hybridized carbons (Fsp3) is 0.174. The third kappa shape index (κ3) is 4.68. The van der Waals surface area contributed by atoms with Crippen molar-refractivity contribution >= 4 is 21.5 Å². The molecule has 2 aromatic heterocycles. The van der Waals surface area contributed by atoms with Gasteiger partial charge >= 0.3 is 0 Å². The van der Waals surface area contributed by atoms with Crippen LogP contribution in [-0.4, -0.2) is 47.7 Å². The van der Waals surface area contributed by atoms with Crippen LogP contribution in [0.2, 0.25) is 0 Å². The van der Waals surface area contributed by atoms with E-state index >= 15 is 0 Å². The molecule has 32 heavy (non-hydrogen) atoms. The number of fused-ring (bicyclic) bond motifs is 1. The van der Waals surface area contributed by atoms with Gasteiger partial charge in [-0.15, -0.1) is 0 Å². The van der Waals surface area contributed by atoms with Crippen molar-refractivity contribution in [1.29, 1.82) is 0 Å². The van der Waals surface area contributed by atoms with Crippen LogP contribution in [0.5, 0.6) is 0 Å². The molecule has 1 amide bonds. The number of sulfone groups is 1. The van der Waals surface area contributed by atoms with Gasteiger partial charge in [0.2, 0.25) is 15.6 Å². The fourth-order valence-electron chi connectivity index (χ4n) is 3.28. The minimum Gasteiger partial charge on any atom is -0.348 e. The predicted molar refractivity (Wildman–Crippen MR) is 120 cm³/mol. The molecule has 2 heterocycles. The second-order valence-electron chi connectivity index (χ2n) is 7.69. The van der Waals surface area contributed by atoms with E-state index in [2.05, 4.69) is 15.3 Å². The summed E-state index contributed by atoms with van der Waals surface area (Å²) in [7, 11) is 0.316. The first-order valence-corrected chi connectivity index (χ1v) is 11.5. The van der Waals surface area contributed by atoms with Crippen molar-refractivity contribution in [3.63, 3.8) is 0 Å². The number of imidazole rings is 1. The van der Waals surface area contributed by atoms with Gasteiger partial charge in [-0.05, 0) is 49.5 Å². The van der Waals surface area contributed by atoms with E-state index in [1.54, 1.807) is 59.4 Å². The second kappa shape index (κ2) is 8.89. The standard InChI is InChI=1S/C23H23N5O3S/c1-27(2)15-18-5-9-21(10-6-18)32(30,31)20-7-3-17(4-8-20)13-25-22(29)19-14-26-23-24-11-12-28(23)16-19/h3-12,14,16H,13,15H2,1-2H3,(H,25,29). The molecule has 0 spiro atoms. The monoisotopic (exact) mass is 449 g/mol. The highest BCUT2D eigenvalue weighted by Gasteiger charge is 2.17. The molecule has 0 aliphatic carbocycles. The lowest BCUT2D eigenvalue weighted by molar-refractivity contribution is 0.0950. The minimum atomic E-state index is -3.61. The van der Waals surface area contributed by atoms with Gasteiger partial charge in [-0.2, -0.15) is 0 Å². The van der Waals surface area contributed by atoms with Crippen LogP contribution >= 0.6 is 0 Å². The van der Waals surface area contributed by atoms with E-state index in [4.69, 9.17) is 0 Å². The fourth-order valence-corrected chi connectivity index (χ4v) is 4.54. The largest absolute Gasteiger partial charge is 0.348 e. The second-order valence-corrected chi connectivity index (χ2v) is 9.64. The molecule has 0 saturated carbocycles. The van der Waals surface area contributed by atoms with Gasteiger partial charge in [-0.25, -0.2) is 18.4 Å². The molecule has 4 rings (SSSR count). The molecule has 0 fully saturated rings. The van der Waals surface area contributed by atoms with E-state index < -0.39 is 9.84 Å². The van der Waals surface area contributed by atoms with Crippen molar-refractivity contribution < 1.29 is 13.2 Å². The summed E-state index contributed by atoms with van der Waals surface area (Å²) in [6, 6.07) is 13.4. The van der Waals surface area contributed by atoms with Crippen molar-refractivity contribution in [2.24, 2.45) is 0 Å². The lowest BCUT2D eigenvalue weighted by Gasteiger charge is -2.11. The molecule has 4 aromatic rings. The van der Waals surface area contributed by atoms with Crippen LogP contribution in [0.3, 0.4) is 0 Å². The average Bonchev–Trinajstić information content (AvgIpc) is 3.25. The van der Waals surface area contributed by atoms with Gasteiger partial charge in [0.1, 0.15) is 0 Å². The molecule has 0 aliphatic heterocycles. The highest BCUT2D eigenvalue weighted by atomic mass is 32.2. The Kier molecular flexibility index (Phi) is 6.02. The van der Waals surface area contributed by atoms with Gasteiger partial charge < -0.3 is 10.2 Å². The molecular formula is C23H23N5O3S. The highest BCUT2D eigenvalue weighted by molar-refractivity contribution is 7.91. The number of rotatable bonds is 7. The van der Waals surface area contributed by atoms with Crippen molar-refractivity contribution in [3.8, 4) is 0 Å². The summed E-state index contributed by atoms with van der Waals surface area (Å²) in [5.74, 6) is 0.244. The topological polar surface area (TPSA) is 96.7 Å². The zero-order chi connectivity index (χ0) is 22.7. The lowest BCUT2D eigenvalue weighted by Crippen LogP contribution is -2.23. The first-order valence-electron chi connectivity index (χ1n) is 9.97. The van der Waals surface area contributed by atoms with Gasteiger partial charge in [0.05, 0.1) is 15.4 Å². The molecule has 9 heteroatoms. The number of carbonyl (C=O) groups excluding carboxylic acids is 1. The molecule has 2 aromatic carbocycles. The molecular weight excluding hydrogens is 426 g/mol. The Bertz CT molecular complexity index is 1340. The number of amides is 1. The summed E-state index contributed by atoms with van der Waals surface area (Å²) >= 11 is 0. The van der Waals surface area contributed by atoms with Crippen LogP contribution in [0.25, 0.3) is 5.78 Å². The maximum absolute atomic E-state index is 12.9. The number of aromatic nitrogens is 3. The zero-order valence-electron chi connectivity index (χ0n) is 17.8. The molecule has 0 radical (unpaired) electrons. The van der Waals surface area contributed by atoms with E-state index in [-0.39, 0.29) is 22.2 Å². The summed E-state index contributed by atoms with van der Waals surface area (Å²) in [5.41, 5.74) is 2.24. The molecule has 164 valence electrons. The Morgan fingerprint density at radius 2 is 1.59 bits per heavy atom. The Hall–Kier alpha value is -3.56. The molecule has 0 bridgehead atoms. The quantitative estimate of drug-likeness (QED) is 0.466. The van der Waals surface area contributed by atoms with Crippen molar-refractivity contribution in [3.05, 3.63) is 90.0 Å². The van der Waals surface area contributed by atoms with E-state index in [1.165, 1.54) is 6.20 Å². The van der Waals surface area contributed by atoms with E-state index in [9.17, 15) is 13.2 Å². The molecule has 0 atom stereocenters. The van der Waals surface area contributed by atoms with E-state index in [1.807, 2.05) is 31.1 Å². The van der Waals surface area contributed by atoms with Gasteiger partial charge in [0, 0.05) is 37.9 Å². The van der Waals surface area contributed by atoms with Crippen LogP contribution in [0.1, 0.15) is 21.5 Å². The minimum absolute atomic E-state index is 0.211. The zero-order valence-corrected chi connectivity index (χ0v) is 18.6. The number of hydrogen-bond acceptors (Lipinski definition) is 6. The number of carbonyl (C=O) groups is 1. The average molecular weight is 450 g/mol. The van der Waals surface area contributed by atoms with Gasteiger partial charge in [0.15, 0.2) is 0 Å². The lowest BCUT2D eigenvalue weighted by atomic mass is 10.2. The van der Waals surface area contributed by atoms with Crippen LogP contribution in [-0.2, 0) is 22.9 Å². The number of nitrogens with one attached hydrogen (secondary N) is 1. The van der Waals surface area contributed by atoms with Crippen LogP contribution < -0.4 is 5.32 Å². The summed E-state index contributed by atoms with van der Waals surface area (Å²) in [6.45, 7) is 1.01. The van der Waals surface area contributed by atoms with Crippen LogP contribution in [0.4, 0.5) is 0 Å². The van der Waals surface area contributed by atoms with E-state index in [0.29, 0.717) is 11.3 Å². The maximum Gasteiger partial charge on any atom is 0.254 e. The van der Waals surface area contributed by atoms with Crippen molar-refractivity contribution in [2.45, 2.75) is 22.9 Å². The first-order chi connectivity index (χ1) is 15.3. The van der Waals surface area contributed by atoms with Crippen molar-refractivity contribution in [1.82, 2.24) is 24.6 Å². The van der Waals surface area contributed by atoms with Gasteiger partial charge in [0.25, 0.3) is 5.91 Å². The van der Waals surface area contributed by atoms with Crippen LogP contribution in [0, 0.1) is 0 Å². The normalized spacial score (nSPS) is 11.7.